The minimum absolute atomic E-state index is 0.392. The number of esters is 1. The third-order valence-electron chi connectivity index (χ3n) is 5.80. The minimum atomic E-state index is -0.392. The quantitative estimate of drug-likeness (QED) is 0.407. The molecule has 3 aromatic rings. The van der Waals surface area contributed by atoms with Gasteiger partial charge < -0.3 is 28.4 Å². The topological polar surface area (TPSA) is 72.5 Å². The fourth-order valence-electron chi connectivity index (χ4n) is 4.14. The molecule has 0 radical (unpaired) electrons. The van der Waals surface area contributed by atoms with Crippen molar-refractivity contribution in [2.75, 3.05) is 42.7 Å². The molecule has 0 atom stereocenters. The first kappa shape index (κ1) is 24.8. The number of hydrogen-bond acceptors (Lipinski definition) is 7. The van der Waals surface area contributed by atoms with Gasteiger partial charge in [-0.15, -0.1) is 0 Å². The van der Waals surface area contributed by atoms with Crippen LogP contribution in [0.1, 0.15) is 27.0 Å². The lowest BCUT2D eigenvalue weighted by Crippen LogP contribution is -2.06. The van der Waals surface area contributed by atoms with Gasteiger partial charge in [0, 0.05) is 17.5 Å². The summed E-state index contributed by atoms with van der Waals surface area (Å²) in [5.41, 5.74) is 4.78. The summed E-state index contributed by atoms with van der Waals surface area (Å²) in [6, 6.07) is 13.2. The average Bonchev–Trinajstić information content (AvgIpc) is 2.88. The molecule has 0 aliphatic heterocycles. The van der Waals surface area contributed by atoms with Crippen molar-refractivity contribution >= 4 is 5.97 Å². The molecule has 0 heterocycles. The zero-order valence-electron chi connectivity index (χ0n) is 20.6. The van der Waals surface area contributed by atoms with Crippen molar-refractivity contribution in [2.45, 2.75) is 13.3 Å². The summed E-state index contributed by atoms with van der Waals surface area (Å²) in [4.78, 5) is 12.2. The van der Waals surface area contributed by atoms with Gasteiger partial charge in [0.1, 0.15) is 5.75 Å². The smallest absolute Gasteiger partial charge is 0.338 e. The Kier molecular flexibility index (Phi) is 7.89. The zero-order chi connectivity index (χ0) is 24.8. The average molecular weight is 467 g/mol. The van der Waals surface area contributed by atoms with Gasteiger partial charge in [-0.05, 0) is 35.7 Å². The second-order valence-electron chi connectivity index (χ2n) is 7.48. The van der Waals surface area contributed by atoms with Crippen LogP contribution < -0.4 is 23.7 Å². The van der Waals surface area contributed by atoms with Gasteiger partial charge in [-0.25, -0.2) is 4.79 Å². The molecule has 0 fully saturated rings. The summed E-state index contributed by atoms with van der Waals surface area (Å²) in [5, 5.41) is 0. The summed E-state index contributed by atoms with van der Waals surface area (Å²) < 4.78 is 33.2. The summed E-state index contributed by atoms with van der Waals surface area (Å²) in [6.45, 7) is 1.95. The summed E-state index contributed by atoms with van der Waals surface area (Å²) in [6.07, 6.45) is 0.494. The van der Waals surface area contributed by atoms with Gasteiger partial charge in [-0.3, -0.25) is 0 Å². The number of benzene rings is 3. The Bertz CT molecular complexity index is 1180. The van der Waals surface area contributed by atoms with Crippen LogP contribution in [0.25, 0.3) is 11.1 Å². The fourth-order valence-corrected chi connectivity index (χ4v) is 4.14. The SMILES string of the molecule is COC(=O)c1ccccc1-c1ccc(Cc2c(C)c(OC)c(OC)c(OC)c2OC)c(OC)c1. The molecule has 0 saturated carbocycles. The van der Waals surface area contributed by atoms with Crippen molar-refractivity contribution in [1.29, 1.82) is 0 Å². The first-order valence-electron chi connectivity index (χ1n) is 10.7. The molecule has 0 aliphatic carbocycles. The predicted molar refractivity (Wildman–Crippen MR) is 130 cm³/mol. The maximum atomic E-state index is 12.2. The Morgan fingerprint density at radius 1 is 0.735 bits per heavy atom. The third kappa shape index (κ3) is 4.46. The highest BCUT2D eigenvalue weighted by molar-refractivity contribution is 5.97. The van der Waals surface area contributed by atoms with Crippen molar-refractivity contribution in [3.63, 3.8) is 0 Å². The number of carbonyl (C=O) groups is 1. The normalized spacial score (nSPS) is 10.4. The van der Waals surface area contributed by atoms with E-state index in [0.717, 1.165) is 27.8 Å². The molecule has 0 amide bonds. The van der Waals surface area contributed by atoms with E-state index >= 15 is 0 Å². The Labute approximate surface area is 200 Å². The van der Waals surface area contributed by atoms with E-state index in [1.165, 1.54) is 7.11 Å². The van der Waals surface area contributed by atoms with Crippen LogP contribution in [0.15, 0.2) is 42.5 Å². The highest BCUT2D eigenvalue weighted by Gasteiger charge is 2.26. The van der Waals surface area contributed by atoms with Crippen LogP contribution in [0.3, 0.4) is 0 Å². The second-order valence-corrected chi connectivity index (χ2v) is 7.48. The van der Waals surface area contributed by atoms with Crippen molar-refractivity contribution in [2.24, 2.45) is 0 Å². The van der Waals surface area contributed by atoms with E-state index in [-0.39, 0.29) is 0 Å². The van der Waals surface area contributed by atoms with Crippen LogP contribution in [0, 0.1) is 6.92 Å². The molecule has 0 spiro atoms. The maximum absolute atomic E-state index is 12.2. The highest BCUT2D eigenvalue weighted by Crippen LogP contribution is 2.50. The Hall–Kier alpha value is -3.87. The van der Waals surface area contributed by atoms with E-state index in [4.69, 9.17) is 28.4 Å². The van der Waals surface area contributed by atoms with Gasteiger partial charge in [0.05, 0.1) is 48.2 Å². The van der Waals surface area contributed by atoms with E-state index < -0.39 is 5.97 Å². The molecule has 0 bridgehead atoms. The van der Waals surface area contributed by atoms with E-state index in [1.54, 1.807) is 47.7 Å². The fraction of sp³-hybridized carbons (Fsp3) is 0.296. The number of rotatable bonds is 9. The lowest BCUT2D eigenvalue weighted by Gasteiger charge is -2.22. The largest absolute Gasteiger partial charge is 0.496 e. The number of hydrogen-bond donors (Lipinski definition) is 0. The van der Waals surface area contributed by atoms with E-state index in [0.29, 0.717) is 40.7 Å². The Morgan fingerprint density at radius 2 is 1.35 bits per heavy atom. The molecule has 0 saturated heterocycles. The molecule has 0 aromatic heterocycles. The van der Waals surface area contributed by atoms with Crippen LogP contribution in [-0.2, 0) is 11.2 Å². The first-order chi connectivity index (χ1) is 16.4. The number of methoxy groups -OCH3 is 6. The molecule has 7 heteroatoms. The summed E-state index contributed by atoms with van der Waals surface area (Å²) in [7, 11) is 9.30. The van der Waals surface area contributed by atoms with Gasteiger partial charge in [0.25, 0.3) is 0 Å². The number of ether oxygens (including phenoxy) is 6. The molecular formula is C27H30O7. The second kappa shape index (κ2) is 10.8. The molecule has 0 aliphatic rings. The Morgan fingerprint density at radius 3 is 1.94 bits per heavy atom. The van der Waals surface area contributed by atoms with E-state index in [9.17, 15) is 4.79 Å². The lowest BCUT2D eigenvalue weighted by molar-refractivity contribution is 0.0601. The van der Waals surface area contributed by atoms with Crippen molar-refractivity contribution < 1.29 is 33.2 Å². The molecule has 180 valence electrons. The summed E-state index contributed by atoms with van der Waals surface area (Å²) >= 11 is 0. The molecule has 3 aromatic carbocycles. The minimum Gasteiger partial charge on any atom is -0.496 e. The van der Waals surface area contributed by atoms with Gasteiger partial charge >= 0.3 is 5.97 Å². The van der Waals surface area contributed by atoms with Gasteiger partial charge in [0.2, 0.25) is 11.5 Å². The van der Waals surface area contributed by atoms with E-state index in [1.807, 2.05) is 37.3 Å². The third-order valence-corrected chi connectivity index (χ3v) is 5.80. The maximum Gasteiger partial charge on any atom is 0.338 e. The highest BCUT2D eigenvalue weighted by atomic mass is 16.5. The van der Waals surface area contributed by atoms with Gasteiger partial charge in [-0.2, -0.15) is 0 Å². The van der Waals surface area contributed by atoms with Gasteiger partial charge in [0.15, 0.2) is 11.5 Å². The van der Waals surface area contributed by atoms with E-state index in [2.05, 4.69) is 0 Å². The lowest BCUT2D eigenvalue weighted by atomic mass is 9.94. The van der Waals surface area contributed by atoms with Crippen molar-refractivity contribution in [3.8, 4) is 39.9 Å². The first-order valence-corrected chi connectivity index (χ1v) is 10.7. The monoisotopic (exact) mass is 466 g/mol. The molecular weight excluding hydrogens is 436 g/mol. The molecule has 0 N–H and O–H groups in total. The zero-order valence-corrected chi connectivity index (χ0v) is 20.6. The summed E-state index contributed by atoms with van der Waals surface area (Å²) in [5.74, 6) is 2.37. The molecule has 7 nitrogen and oxygen atoms in total. The van der Waals surface area contributed by atoms with Crippen molar-refractivity contribution in [3.05, 3.63) is 64.7 Å². The van der Waals surface area contributed by atoms with Crippen molar-refractivity contribution in [1.82, 2.24) is 0 Å². The Balaban J connectivity index is 2.13. The molecule has 34 heavy (non-hydrogen) atoms. The number of carbonyl (C=O) groups excluding carboxylic acids is 1. The van der Waals surface area contributed by atoms with Crippen LogP contribution in [0.2, 0.25) is 0 Å². The van der Waals surface area contributed by atoms with Gasteiger partial charge in [-0.1, -0.05) is 30.3 Å². The van der Waals surface area contributed by atoms with Crippen LogP contribution in [0.5, 0.6) is 28.7 Å². The molecule has 3 rings (SSSR count). The molecule has 0 unspecified atom stereocenters. The predicted octanol–water partition coefficient (Wildman–Crippen LogP) is 5.08. The van der Waals surface area contributed by atoms with Crippen LogP contribution >= 0.6 is 0 Å². The van der Waals surface area contributed by atoms with Crippen LogP contribution in [-0.4, -0.2) is 48.6 Å². The van der Waals surface area contributed by atoms with Crippen LogP contribution in [0.4, 0.5) is 0 Å². The standard InChI is InChI=1S/C27H30O7/c1-16-21(24(31-4)26(33-6)25(32-5)23(16)30-3)14-18-13-12-17(15-22(18)29-2)19-10-8-9-11-20(19)27(28)34-7/h8-13,15H,14H2,1-7H3.